The minimum absolute atomic E-state index is 0. The summed E-state index contributed by atoms with van der Waals surface area (Å²) in [4.78, 5) is 19.8. The van der Waals surface area contributed by atoms with Gasteiger partial charge in [0.15, 0.2) is 0 Å². The van der Waals surface area contributed by atoms with E-state index in [9.17, 15) is 9.90 Å². The average Bonchev–Trinajstić information content (AvgIpc) is 3.35. The highest BCUT2D eigenvalue weighted by Gasteiger charge is 2.24. The third kappa shape index (κ3) is 3.75. The van der Waals surface area contributed by atoms with Crippen molar-refractivity contribution in [2.24, 2.45) is 0 Å². The molecule has 0 aliphatic heterocycles. The largest absolute Gasteiger partial charge is 0.494 e. The number of H-pyrrole nitrogens is 1. The first-order valence-electron chi connectivity index (χ1n) is 9.54. The van der Waals surface area contributed by atoms with Crippen LogP contribution in [0.15, 0.2) is 71.5 Å². The molecule has 0 spiro atoms. The topological polar surface area (TPSA) is 92.0 Å². The average molecular weight is 466 g/mol. The number of pyridine rings is 1. The molecule has 32 heavy (non-hydrogen) atoms. The monoisotopic (exact) mass is 465 g/mol. The molecule has 0 aliphatic rings. The SMILES string of the molecule is Cc1cc(C(=O)c2c(O)[nH]c3cc(Cl)c(-c4ccc(-c5ccncc5)cc4)cc23)on1.Cl. The lowest BCUT2D eigenvalue weighted by atomic mass is 9.98. The lowest BCUT2D eigenvalue weighted by molar-refractivity contribution is 0.0999. The number of aromatic amines is 1. The molecule has 2 N–H and O–H groups in total. The van der Waals surface area contributed by atoms with Gasteiger partial charge in [0.25, 0.3) is 0 Å². The molecule has 160 valence electrons. The molecule has 2 aromatic carbocycles. The number of hydrogen-bond acceptors (Lipinski definition) is 5. The number of hydrogen-bond donors (Lipinski definition) is 2. The van der Waals surface area contributed by atoms with Gasteiger partial charge in [0.1, 0.15) is 0 Å². The maximum atomic E-state index is 12.9. The Kier molecular flexibility index (Phi) is 5.74. The molecule has 6 nitrogen and oxygen atoms in total. The van der Waals surface area contributed by atoms with Crippen molar-refractivity contribution in [2.45, 2.75) is 6.92 Å². The summed E-state index contributed by atoms with van der Waals surface area (Å²) in [5.74, 6) is -0.632. The standard InChI is InChI=1S/C24H16ClN3O3.ClH/c1-13-10-21(31-28-13)23(29)22-18-11-17(19(25)12-20(18)27-24(22)30)16-4-2-14(3-5-16)15-6-8-26-9-7-15;/h2-12,27,30H,1H3;1H. The first-order chi connectivity index (χ1) is 15.0. The maximum absolute atomic E-state index is 12.9. The van der Waals surface area contributed by atoms with Crippen LogP contribution in [-0.4, -0.2) is 26.0 Å². The van der Waals surface area contributed by atoms with Gasteiger partial charge in [0.2, 0.25) is 17.4 Å². The van der Waals surface area contributed by atoms with E-state index in [2.05, 4.69) is 15.1 Å². The van der Waals surface area contributed by atoms with Gasteiger partial charge in [-0.3, -0.25) is 9.78 Å². The lowest BCUT2D eigenvalue weighted by Gasteiger charge is -2.08. The van der Waals surface area contributed by atoms with Crippen LogP contribution < -0.4 is 0 Å². The zero-order valence-corrected chi connectivity index (χ0v) is 18.4. The van der Waals surface area contributed by atoms with E-state index in [4.69, 9.17) is 16.1 Å². The Morgan fingerprint density at radius 3 is 2.31 bits per heavy atom. The Labute approximate surface area is 194 Å². The Balaban J connectivity index is 0.00000245. The summed E-state index contributed by atoms with van der Waals surface area (Å²) in [5.41, 5.74) is 5.02. The Morgan fingerprint density at radius 2 is 1.66 bits per heavy atom. The molecule has 0 aliphatic carbocycles. The van der Waals surface area contributed by atoms with Gasteiger partial charge in [-0.2, -0.15) is 0 Å². The van der Waals surface area contributed by atoms with Crippen LogP contribution in [-0.2, 0) is 0 Å². The summed E-state index contributed by atoms with van der Waals surface area (Å²) in [6.45, 7) is 1.73. The van der Waals surface area contributed by atoms with E-state index < -0.39 is 5.78 Å². The van der Waals surface area contributed by atoms with Crippen molar-refractivity contribution < 1.29 is 14.4 Å². The first kappa shape index (κ1) is 21.6. The fourth-order valence-corrected chi connectivity index (χ4v) is 3.91. The number of ketones is 1. The van der Waals surface area contributed by atoms with E-state index in [1.165, 1.54) is 6.07 Å². The lowest BCUT2D eigenvalue weighted by Crippen LogP contribution is -1.99. The molecule has 5 aromatic rings. The number of carbonyl (C=O) groups excluding carboxylic acids is 1. The van der Waals surface area contributed by atoms with Gasteiger partial charge in [-0.1, -0.05) is 41.0 Å². The normalized spacial score (nSPS) is 10.8. The number of nitrogens with one attached hydrogen (secondary N) is 1. The fourth-order valence-electron chi connectivity index (χ4n) is 3.63. The van der Waals surface area contributed by atoms with Gasteiger partial charge < -0.3 is 14.6 Å². The maximum Gasteiger partial charge on any atom is 0.237 e. The van der Waals surface area contributed by atoms with Crippen molar-refractivity contribution in [2.75, 3.05) is 0 Å². The van der Waals surface area contributed by atoms with Gasteiger partial charge in [0.05, 0.1) is 21.8 Å². The number of rotatable bonds is 4. The van der Waals surface area contributed by atoms with Crippen molar-refractivity contribution in [1.29, 1.82) is 0 Å². The number of carbonyl (C=O) groups is 1. The number of aryl methyl sites for hydroxylation is 1. The molecule has 3 aromatic heterocycles. The quantitative estimate of drug-likeness (QED) is 0.308. The number of aromatic nitrogens is 3. The van der Waals surface area contributed by atoms with Gasteiger partial charge in [-0.05, 0) is 47.9 Å². The molecule has 0 radical (unpaired) electrons. The summed E-state index contributed by atoms with van der Waals surface area (Å²) in [6, 6.07) is 16.9. The van der Waals surface area contributed by atoms with Crippen LogP contribution in [0.5, 0.6) is 5.88 Å². The number of halogens is 2. The number of fused-ring (bicyclic) bond motifs is 1. The predicted molar refractivity (Wildman–Crippen MR) is 126 cm³/mol. The first-order valence-corrected chi connectivity index (χ1v) is 9.92. The van der Waals surface area contributed by atoms with Crippen LogP contribution >= 0.6 is 24.0 Å². The second-order valence-corrected chi connectivity index (χ2v) is 7.61. The molecule has 8 heteroatoms. The fraction of sp³-hybridized carbons (Fsp3) is 0.0417. The molecule has 0 atom stereocenters. The van der Waals surface area contributed by atoms with Crippen LogP contribution in [0.4, 0.5) is 0 Å². The highest BCUT2D eigenvalue weighted by molar-refractivity contribution is 6.34. The number of nitrogens with zero attached hydrogens (tertiary/aromatic N) is 2. The molecule has 3 heterocycles. The van der Waals surface area contributed by atoms with Gasteiger partial charge in [-0.25, -0.2) is 0 Å². The predicted octanol–water partition coefficient (Wildman–Crippen LogP) is 6.21. The van der Waals surface area contributed by atoms with Crippen LogP contribution in [0.25, 0.3) is 33.2 Å². The van der Waals surface area contributed by atoms with Crippen molar-refractivity contribution in [1.82, 2.24) is 15.1 Å². The van der Waals surface area contributed by atoms with Gasteiger partial charge >= 0.3 is 0 Å². The van der Waals surface area contributed by atoms with Crippen LogP contribution in [0, 0.1) is 6.92 Å². The van der Waals surface area contributed by atoms with Crippen molar-refractivity contribution in [3.8, 4) is 28.1 Å². The molecular formula is C24H17Cl2N3O3. The summed E-state index contributed by atoms with van der Waals surface area (Å²) in [7, 11) is 0. The van der Waals surface area contributed by atoms with E-state index in [1.54, 1.807) is 31.5 Å². The molecule has 0 fully saturated rings. The summed E-state index contributed by atoms with van der Waals surface area (Å²) in [5, 5.41) is 15.2. The molecule has 0 saturated heterocycles. The Bertz CT molecular complexity index is 1420. The molecule has 0 unspecified atom stereocenters. The minimum atomic E-state index is -0.453. The van der Waals surface area contributed by atoms with Crippen LogP contribution in [0.2, 0.25) is 5.02 Å². The van der Waals surface area contributed by atoms with Gasteiger partial charge in [-0.15, -0.1) is 12.4 Å². The van der Waals surface area contributed by atoms with Crippen molar-refractivity contribution >= 4 is 40.7 Å². The van der Waals surface area contributed by atoms with Crippen LogP contribution in [0.3, 0.4) is 0 Å². The smallest absolute Gasteiger partial charge is 0.237 e. The van der Waals surface area contributed by atoms with E-state index >= 15 is 0 Å². The molecular weight excluding hydrogens is 449 g/mol. The molecule has 0 amide bonds. The Morgan fingerprint density at radius 1 is 1.00 bits per heavy atom. The third-order valence-corrected chi connectivity index (χ3v) is 5.47. The molecule has 0 bridgehead atoms. The second-order valence-electron chi connectivity index (χ2n) is 7.20. The zero-order valence-electron chi connectivity index (χ0n) is 16.8. The summed E-state index contributed by atoms with van der Waals surface area (Å²) < 4.78 is 5.09. The Hall–Kier alpha value is -3.61. The van der Waals surface area contributed by atoms with E-state index in [0.29, 0.717) is 21.6 Å². The highest BCUT2D eigenvalue weighted by atomic mass is 35.5. The summed E-state index contributed by atoms with van der Waals surface area (Å²) >= 11 is 6.53. The van der Waals surface area contributed by atoms with E-state index in [1.807, 2.05) is 36.4 Å². The zero-order chi connectivity index (χ0) is 21.5. The number of benzene rings is 2. The molecule has 5 rings (SSSR count). The minimum Gasteiger partial charge on any atom is -0.494 e. The highest BCUT2D eigenvalue weighted by Crippen LogP contribution is 2.37. The van der Waals surface area contributed by atoms with Crippen molar-refractivity contribution in [3.05, 3.63) is 89.0 Å². The van der Waals surface area contributed by atoms with Crippen LogP contribution in [0.1, 0.15) is 21.8 Å². The second kappa shape index (κ2) is 8.49. The van der Waals surface area contributed by atoms with Gasteiger partial charge in [0, 0.05) is 29.4 Å². The molecule has 0 saturated carbocycles. The van der Waals surface area contributed by atoms with Crippen molar-refractivity contribution in [3.63, 3.8) is 0 Å². The summed E-state index contributed by atoms with van der Waals surface area (Å²) in [6.07, 6.45) is 3.50. The number of aromatic hydroxyl groups is 1. The van der Waals surface area contributed by atoms with E-state index in [-0.39, 0.29) is 29.6 Å². The third-order valence-electron chi connectivity index (χ3n) is 5.15. The van der Waals surface area contributed by atoms with E-state index in [0.717, 1.165) is 22.3 Å².